The first-order chi connectivity index (χ1) is 22.2. The lowest BCUT2D eigenvalue weighted by Crippen LogP contribution is -2.63. The molecule has 0 bridgehead atoms. The van der Waals surface area contributed by atoms with Crippen LogP contribution in [-0.4, -0.2) is 95.5 Å². The average Bonchev–Trinajstić information content (AvgIpc) is 3.46. The van der Waals surface area contributed by atoms with Crippen molar-refractivity contribution in [1.29, 1.82) is 0 Å². The summed E-state index contributed by atoms with van der Waals surface area (Å²) in [5.41, 5.74) is 3.04. The topological polar surface area (TPSA) is 224 Å². The SMILES string of the molecule is CN(C)c1cc(CNC(=O)Nc2ccc3c(c2)OCO3)c(O)c2c1C[C@@H]1C[C@@H]3[C@@H](N(C)C)C(O)=C(C(N)=O)C(=O)[C@]3(O)C(O)=C1C2=O. The number of amides is 3. The van der Waals surface area contributed by atoms with Crippen molar-refractivity contribution in [2.24, 2.45) is 17.6 Å². The zero-order chi connectivity index (χ0) is 34.1. The highest BCUT2D eigenvalue weighted by Gasteiger charge is 2.63. The number of nitrogens with one attached hydrogen (secondary N) is 2. The Morgan fingerprint density at radius 1 is 1.06 bits per heavy atom. The number of aromatic hydroxyl groups is 1. The Kier molecular flexibility index (Phi) is 7.56. The second-order valence-corrected chi connectivity index (χ2v) is 12.5. The van der Waals surface area contributed by atoms with Gasteiger partial charge >= 0.3 is 6.03 Å². The maximum absolute atomic E-state index is 14.2. The number of hydrogen-bond donors (Lipinski definition) is 7. The number of aliphatic hydroxyl groups is 3. The van der Waals surface area contributed by atoms with Crippen LogP contribution in [0.25, 0.3) is 0 Å². The van der Waals surface area contributed by atoms with Gasteiger partial charge in [-0.2, -0.15) is 0 Å². The molecule has 0 spiro atoms. The number of aliphatic hydroxyl groups excluding tert-OH is 2. The van der Waals surface area contributed by atoms with E-state index in [1.54, 1.807) is 57.4 Å². The molecule has 1 heterocycles. The van der Waals surface area contributed by atoms with Crippen LogP contribution in [0.4, 0.5) is 16.2 Å². The third kappa shape index (κ3) is 4.80. The van der Waals surface area contributed by atoms with E-state index in [1.165, 1.54) is 4.90 Å². The quantitative estimate of drug-likeness (QED) is 0.220. The Morgan fingerprint density at radius 3 is 2.43 bits per heavy atom. The fraction of sp³-hybridized carbons (Fsp3) is 0.375. The molecular weight excluding hydrogens is 614 g/mol. The summed E-state index contributed by atoms with van der Waals surface area (Å²) in [6, 6.07) is 4.84. The van der Waals surface area contributed by atoms with E-state index in [-0.39, 0.29) is 42.9 Å². The van der Waals surface area contributed by atoms with Gasteiger partial charge in [0.25, 0.3) is 5.91 Å². The number of carbonyl (C=O) groups excluding carboxylic acids is 4. The number of benzene rings is 2. The van der Waals surface area contributed by atoms with E-state index in [0.29, 0.717) is 28.4 Å². The molecule has 0 fully saturated rings. The summed E-state index contributed by atoms with van der Waals surface area (Å²) in [5.74, 6) is -6.26. The third-order valence-electron chi connectivity index (χ3n) is 9.33. The van der Waals surface area contributed by atoms with Crippen molar-refractivity contribution in [3.8, 4) is 17.2 Å². The lowest BCUT2D eigenvalue weighted by molar-refractivity contribution is -0.148. The van der Waals surface area contributed by atoms with Crippen LogP contribution in [0.1, 0.15) is 27.9 Å². The van der Waals surface area contributed by atoms with Crippen LogP contribution < -0.4 is 30.7 Å². The number of ether oxygens (including phenoxy) is 2. The van der Waals surface area contributed by atoms with Crippen molar-refractivity contribution in [2.75, 3.05) is 45.2 Å². The van der Waals surface area contributed by atoms with Crippen molar-refractivity contribution in [1.82, 2.24) is 10.2 Å². The molecule has 1 aliphatic heterocycles. The number of fused-ring (bicyclic) bond motifs is 4. The number of phenolic OH excluding ortho intramolecular Hbond substituents is 1. The number of likely N-dealkylation sites (N-methyl/N-ethyl adjacent to an activating group) is 1. The maximum atomic E-state index is 14.2. The minimum absolute atomic E-state index is 0.0251. The van der Waals surface area contributed by atoms with E-state index >= 15 is 0 Å². The van der Waals surface area contributed by atoms with Gasteiger partial charge in [-0.1, -0.05) is 0 Å². The fourth-order valence-electron chi connectivity index (χ4n) is 7.21. The highest BCUT2D eigenvalue weighted by Crippen LogP contribution is 2.53. The first-order valence-electron chi connectivity index (χ1n) is 14.8. The number of ketones is 2. The Hall–Kier alpha value is -5.28. The molecule has 8 N–H and O–H groups in total. The number of anilines is 2. The molecule has 15 nitrogen and oxygen atoms in total. The molecule has 0 unspecified atom stereocenters. The number of carbonyl (C=O) groups is 4. The van der Waals surface area contributed by atoms with Crippen LogP contribution in [0.3, 0.4) is 0 Å². The van der Waals surface area contributed by atoms with Gasteiger partial charge in [0.1, 0.15) is 22.8 Å². The lowest BCUT2D eigenvalue weighted by Gasteiger charge is -2.50. The molecule has 15 heteroatoms. The van der Waals surface area contributed by atoms with Gasteiger partial charge in [-0.3, -0.25) is 19.3 Å². The van der Waals surface area contributed by atoms with Gasteiger partial charge in [-0.15, -0.1) is 0 Å². The lowest BCUT2D eigenvalue weighted by atomic mass is 9.58. The Labute approximate surface area is 268 Å². The molecule has 47 heavy (non-hydrogen) atoms. The summed E-state index contributed by atoms with van der Waals surface area (Å²) in [6.07, 6.45) is 0.108. The number of nitrogens with zero attached hydrogens (tertiary/aromatic N) is 2. The molecule has 0 radical (unpaired) electrons. The van der Waals surface area contributed by atoms with E-state index < -0.39 is 69.8 Å². The molecule has 2 aromatic rings. The predicted molar refractivity (Wildman–Crippen MR) is 166 cm³/mol. The highest BCUT2D eigenvalue weighted by molar-refractivity contribution is 6.25. The van der Waals surface area contributed by atoms with E-state index in [9.17, 15) is 39.6 Å². The summed E-state index contributed by atoms with van der Waals surface area (Å²) in [5, 5.41) is 51.1. The molecular formula is C32H35N5O10. The predicted octanol–water partition coefficient (Wildman–Crippen LogP) is 1.24. The van der Waals surface area contributed by atoms with Crippen molar-refractivity contribution in [3.63, 3.8) is 0 Å². The zero-order valence-electron chi connectivity index (χ0n) is 26.1. The molecule has 0 saturated heterocycles. The van der Waals surface area contributed by atoms with Gasteiger partial charge in [0, 0.05) is 55.1 Å². The van der Waals surface area contributed by atoms with Crippen LogP contribution in [0.2, 0.25) is 0 Å². The van der Waals surface area contributed by atoms with E-state index in [2.05, 4.69) is 10.6 Å². The molecule has 2 aromatic carbocycles. The van der Waals surface area contributed by atoms with Crippen molar-refractivity contribution >= 4 is 34.9 Å². The van der Waals surface area contributed by atoms with Crippen LogP contribution in [0.15, 0.2) is 46.9 Å². The summed E-state index contributed by atoms with van der Waals surface area (Å²) in [7, 11) is 6.64. The fourth-order valence-corrected chi connectivity index (χ4v) is 7.21. The molecule has 6 rings (SSSR count). The van der Waals surface area contributed by atoms with Gasteiger partial charge in [0.2, 0.25) is 12.6 Å². The summed E-state index contributed by atoms with van der Waals surface area (Å²) in [6.45, 7) is -0.119. The second kappa shape index (κ2) is 11.2. The molecule has 0 saturated carbocycles. The second-order valence-electron chi connectivity index (χ2n) is 12.5. The minimum Gasteiger partial charge on any atom is -0.510 e. The Balaban J connectivity index is 1.36. The van der Waals surface area contributed by atoms with Crippen molar-refractivity contribution in [3.05, 3.63) is 63.6 Å². The standard InChI is InChI=1S/C32H35N5O10/c1-36(2)18-9-14(11-34-31(44)35-15-5-6-19-20(10-15)47-12-46-19)25(38)22-16(18)7-13-8-17-24(37(3)4)27(40)23(30(33)43)29(42)32(17,45)28(41)21(13)26(22)39/h5-6,9-10,13,17,24,38,40-41,45H,7-8,11-12H2,1-4H3,(H2,33,43)(H2,34,35,44)/t13-,17-,24-,32-/m1/s1. The van der Waals surface area contributed by atoms with E-state index in [1.807, 2.05) is 0 Å². The number of primary amides is 1. The molecule has 3 amide bonds. The van der Waals surface area contributed by atoms with Gasteiger partial charge in [-0.05, 0) is 56.6 Å². The van der Waals surface area contributed by atoms with Crippen LogP contribution in [0, 0.1) is 11.8 Å². The largest absolute Gasteiger partial charge is 0.510 e. The highest BCUT2D eigenvalue weighted by atomic mass is 16.7. The number of rotatable bonds is 6. The Bertz CT molecular complexity index is 1820. The Morgan fingerprint density at radius 2 is 1.77 bits per heavy atom. The number of urea groups is 1. The monoisotopic (exact) mass is 649 g/mol. The van der Waals surface area contributed by atoms with Crippen LogP contribution >= 0.6 is 0 Å². The van der Waals surface area contributed by atoms with Crippen LogP contribution in [-0.2, 0) is 22.6 Å². The van der Waals surface area contributed by atoms with Gasteiger partial charge in [0.15, 0.2) is 22.9 Å². The average molecular weight is 650 g/mol. The number of hydrogen-bond acceptors (Lipinski definition) is 12. The van der Waals surface area contributed by atoms with Crippen molar-refractivity contribution < 1.29 is 49.1 Å². The van der Waals surface area contributed by atoms with E-state index in [4.69, 9.17) is 15.2 Å². The minimum atomic E-state index is -2.74. The number of phenols is 1. The molecule has 4 aliphatic rings. The summed E-state index contributed by atoms with van der Waals surface area (Å²) >= 11 is 0. The van der Waals surface area contributed by atoms with Gasteiger partial charge in [-0.25, -0.2) is 4.79 Å². The van der Waals surface area contributed by atoms with Crippen molar-refractivity contribution in [2.45, 2.75) is 31.0 Å². The molecule has 3 aliphatic carbocycles. The van der Waals surface area contributed by atoms with Crippen LogP contribution in [0.5, 0.6) is 17.2 Å². The molecule has 4 atom stereocenters. The first-order valence-corrected chi connectivity index (χ1v) is 14.8. The summed E-state index contributed by atoms with van der Waals surface area (Å²) in [4.78, 5) is 56.0. The summed E-state index contributed by atoms with van der Waals surface area (Å²) < 4.78 is 10.6. The number of Topliss-reactive ketones (excluding diaryl/α,β-unsaturated/α-hetero) is 2. The number of nitrogens with two attached hydrogens (primary N) is 1. The van der Waals surface area contributed by atoms with E-state index in [0.717, 1.165) is 0 Å². The molecule has 0 aromatic heterocycles. The number of allylic oxidation sites excluding steroid dienone is 1. The van der Waals surface area contributed by atoms with Gasteiger partial charge < -0.3 is 51.2 Å². The smallest absolute Gasteiger partial charge is 0.319 e. The third-order valence-corrected chi connectivity index (χ3v) is 9.33. The van der Waals surface area contributed by atoms with Gasteiger partial charge in [0.05, 0.1) is 11.6 Å². The maximum Gasteiger partial charge on any atom is 0.319 e. The normalized spacial score (nSPS) is 24.5. The first kappa shape index (κ1) is 31.7. The molecule has 248 valence electrons. The zero-order valence-corrected chi connectivity index (χ0v) is 26.1.